The Morgan fingerprint density at radius 1 is 1.20 bits per heavy atom. The molecule has 84 valence electrons. The normalized spacial score (nSPS) is 17.9. The van der Waals surface area contributed by atoms with Gasteiger partial charge in [-0.15, -0.1) is 10.2 Å². The van der Waals surface area contributed by atoms with Crippen LogP contribution in [-0.2, 0) is 13.1 Å². The highest BCUT2D eigenvalue weighted by atomic mass is 15.3. The minimum Gasteiger partial charge on any atom is -0.313 e. The smallest absolute Gasteiger partial charge is 0.147 e. The maximum absolute atomic E-state index is 4.21. The molecule has 15 heavy (non-hydrogen) atoms. The molecule has 0 bridgehead atoms. The van der Waals surface area contributed by atoms with Crippen molar-refractivity contribution in [3.63, 3.8) is 0 Å². The van der Waals surface area contributed by atoms with E-state index in [1.54, 1.807) is 0 Å². The lowest BCUT2D eigenvalue weighted by Gasteiger charge is -2.32. The molecule has 0 atom stereocenters. The van der Waals surface area contributed by atoms with Crippen LogP contribution in [0.1, 0.15) is 32.4 Å². The van der Waals surface area contributed by atoms with Gasteiger partial charge in [0.1, 0.15) is 11.6 Å². The third-order valence-corrected chi connectivity index (χ3v) is 2.72. The van der Waals surface area contributed by atoms with Crippen molar-refractivity contribution in [2.45, 2.75) is 40.8 Å². The molecular weight excluding hydrogens is 188 g/mol. The number of aryl methyl sites for hydroxylation is 1. The fourth-order valence-electron chi connectivity index (χ4n) is 2.16. The first-order valence-electron chi connectivity index (χ1n) is 5.57. The molecule has 0 saturated heterocycles. The van der Waals surface area contributed by atoms with E-state index in [1.165, 1.54) is 0 Å². The molecule has 0 radical (unpaired) electrons. The van der Waals surface area contributed by atoms with E-state index in [1.807, 2.05) is 6.92 Å². The first-order chi connectivity index (χ1) is 6.96. The van der Waals surface area contributed by atoms with Crippen molar-refractivity contribution in [1.82, 2.24) is 19.7 Å². The molecule has 0 unspecified atom stereocenters. The van der Waals surface area contributed by atoms with Crippen LogP contribution in [0, 0.1) is 12.3 Å². The van der Waals surface area contributed by atoms with Crippen LogP contribution in [0.5, 0.6) is 0 Å². The Bertz CT molecular complexity index is 348. The Balaban J connectivity index is 2.06. The highest BCUT2D eigenvalue weighted by molar-refractivity contribution is 4.97. The van der Waals surface area contributed by atoms with Crippen LogP contribution in [0.2, 0.25) is 0 Å². The van der Waals surface area contributed by atoms with E-state index in [0.717, 1.165) is 37.8 Å². The second-order valence-electron chi connectivity index (χ2n) is 5.59. The quantitative estimate of drug-likeness (QED) is 0.700. The molecule has 1 aliphatic rings. The summed E-state index contributed by atoms with van der Waals surface area (Å²) in [6.07, 6.45) is 0. The zero-order valence-corrected chi connectivity index (χ0v) is 10.1. The van der Waals surface area contributed by atoms with E-state index in [4.69, 9.17) is 0 Å². The molecule has 1 aromatic heterocycles. The van der Waals surface area contributed by atoms with Gasteiger partial charge in [-0.2, -0.15) is 0 Å². The minimum atomic E-state index is 0.358. The second kappa shape index (κ2) is 3.59. The number of hydrogen-bond acceptors (Lipinski definition) is 3. The van der Waals surface area contributed by atoms with E-state index < -0.39 is 0 Å². The van der Waals surface area contributed by atoms with Crippen LogP contribution in [0.3, 0.4) is 0 Å². The van der Waals surface area contributed by atoms with Crippen LogP contribution in [-0.4, -0.2) is 32.8 Å². The number of aromatic nitrogens is 3. The summed E-state index contributed by atoms with van der Waals surface area (Å²) in [5, 5.41) is 8.32. The van der Waals surface area contributed by atoms with E-state index in [2.05, 4.69) is 40.4 Å². The highest BCUT2D eigenvalue weighted by Gasteiger charge is 2.23. The number of rotatable bonds is 1. The lowest BCUT2D eigenvalue weighted by atomic mass is 9.96. The van der Waals surface area contributed by atoms with Gasteiger partial charge < -0.3 is 4.57 Å². The van der Waals surface area contributed by atoms with Crippen LogP contribution >= 0.6 is 0 Å². The molecular formula is C11H20N4. The lowest BCUT2D eigenvalue weighted by Crippen LogP contribution is -2.39. The molecule has 2 heterocycles. The Morgan fingerprint density at radius 3 is 2.60 bits per heavy atom. The zero-order valence-electron chi connectivity index (χ0n) is 10.1. The average Bonchev–Trinajstić information content (AvgIpc) is 2.45. The van der Waals surface area contributed by atoms with Crippen LogP contribution in [0.25, 0.3) is 0 Å². The Labute approximate surface area is 91.3 Å². The summed E-state index contributed by atoms with van der Waals surface area (Å²) in [5.41, 5.74) is 0.358. The molecule has 4 nitrogen and oxygen atoms in total. The van der Waals surface area contributed by atoms with E-state index in [9.17, 15) is 0 Å². The van der Waals surface area contributed by atoms with Gasteiger partial charge in [0.05, 0.1) is 6.54 Å². The van der Waals surface area contributed by atoms with Crippen molar-refractivity contribution in [3.8, 4) is 0 Å². The van der Waals surface area contributed by atoms with Gasteiger partial charge in [0, 0.05) is 19.6 Å². The Kier molecular flexibility index (Phi) is 2.54. The minimum absolute atomic E-state index is 0.358. The molecule has 0 saturated carbocycles. The summed E-state index contributed by atoms with van der Waals surface area (Å²) in [6, 6.07) is 0. The van der Waals surface area contributed by atoms with Crippen LogP contribution < -0.4 is 0 Å². The van der Waals surface area contributed by atoms with Gasteiger partial charge in [0.2, 0.25) is 0 Å². The topological polar surface area (TPSA) is 34.0 Å². The maximum Gasteiger partial charge on any atom is 0.147 e. The lowest BCUT2D eigenvalue weighted by molar-refractivity contribution is 0.154. The van der Waals surface area contributed by atoms with Gasteiger partial charge in [0.15, 0.2) is 0 Å². The fraction of sp³-hybridized carbons (Fsp3) is 0.818. The van der Waals surface area contributed by atoms with Crippen molar-refractivity contribution >= 4 is 0 Å². The SMILES string of the molecule is Cc1nnc2n1CCN(CC(C)(C)C)C2. The van der Waals surface area contributed by atoms with Crippen molar-refractivity contribution < 1.29 is 0 Å². The van der Waals surface area contributed by atoms with E-state index in [0.29, 0.717) is 5.41 Å². The van der Waals surface area contributed by atoms with Gasteiger partial charge >= 0.3 is 0 Å². The largest absolute Gasteiger partial charge is 0.313 e. The predicted octanol–water partition coefficient (Wildman–Crippen LogP) is 1.45. The standard InChI is InChI=1S/C11H20N4/c1-9-12-13-10-7-14(5-6-15(9)10)8-11(2,3)4/h5-8H2,1-4H3. The first kappa shape index (κ1) is 10.6. The molecule has 0 fully saturated rings. The summed E-state index contributed by atoms with van der Waals surface area (Å²) in [5.74, 6) is 2.16. The number of nitrogens with zero attached hydrogens (tertiary/aromatic N) is 4. The van der Waals surface area contributed by atoms with E-state index in [-0.39, 0.29) is 0 Å². The maximum atomic E-state index is 4.21. The number of hydrogen-bond donors (Lipinski definition) is 0. The van der Waals surface area contributed by atoms with Gasteiger partial charge in [-0.1, -0.05) is 20.8 Å². The van der Waals surface area contributed by atoms with Crippen LogP contribution in [0.4, 0.5) is 0 Å². The molecule has 1 aliphatic heterocycles. The molecule has 0 aliphatic carbocycles. The third kappa shape index (κ3) is 2.37. The third-order valence-electron chi connectivity index (χ3n) is 2.72. The van der Waals surface area contributed by atoms with Crippen molar-refractivity contribution in [2.75, 3.05) is 13.1 Å². The summed E-state index contributed by atoms with van der Waals surface area (Å²) in [6.45, 7) is 13.1. The summed E-state index contributed by atoms with van der Waals surface area (Å²) in [7, 11) is 0. The van der Waals surface area contributed by atoms with Gasteiger partial charge in [-0.25, -0.2) is 0 Å². The molecule has 0 spiro atoms. The molecule has 1 aromatic rings. The van der Waals surface area contributed by atoms with Gasteiger partial charge in [-0.05, 0) is 12.3 Å². The number of fused-ring (bicyclic) bond motifs is 1. The second-order valence-corrected chi connectivity index (χ2v) is 5.59. The Morgan fingerprint density at radius 2 is 1.93 bits per heavy atom. The zero-order chi connectivity index (χ0) is 11.1. The molecule has 4 heteroatoms. The summed E-state index contributed by atoms with van der Waals surface area (Å²) >= 11 is 0. The fourth-order valence-corrected chi connectivity index (χ4v) is 2.16. The van der Waals surface area contributed by atoms with Crippen LogP contribution in [0.15, 0.2) is 0 Å². The summed E-state index contributed by atoms with van der Waals surface area (Å²) < 4.78 is 2.22. The summed E-state index contributed by atoms with van der Waals surface area (Å²) in [4.78, 5) is 2.46. The van der Waals surface area contributed by atoms with Crippen molar-refractivity contribution in [3.05, 3.63) is 11.6 Å². The molecule has 2 rings (SSSR count). The highest BCUT2D eigenvalue weighted by Crippen LogP contribution is 2.19. The first-order valence-corrected chi connectivity index (χ1v) is 5.57. The average molecular weight is 208 g/mol. The molecule has 0 aromatic carbocycles. The molecule has 0 amide bonds. The van der Waals surface area contributed by atoms with Gasteiger partial charge in [-0.3, -0.25) is 4.90 Å². The van der Waals surface area contributed by atoms with Gasteiger partial charge in [0.25, 0.3) is 0 Å². The molecule has 0 N–H and O–H groups in total. The Hall–Kier alpha value is -0.900. The monoisotopic (exact) mass is 208 g/mol. The predicted molar refractivity (Wildman–Crippen MR) is 59.5 cm³/mol. The van der Waals surface area contributed by atoms with Crippen molar-refractivity contribution in [2.24, 2.45) is 5.41 Å². The van der Waals surface area contributed by atoms with E-state index >= 15 is 0 Å². The van der Waals surface area contributed by atoms with Crippen molar-refractivity contribution in [1.29, 1.82) is 0 Å².